The second-order valence-corrected chi connectivity index (χ2v) is 4.81. The van der Waals surface area contributed by atoms with Gasteiger partial charge in [0, 0.05) is 6.04 Å². The van der Waals surface area contributed by atoms with Crippen LogP contribution < -0.4 is 5.32 Å². The van der Waals surface area contributed by atoms with E-state index in [4.69, 9.17) is 16.7 Å². The van der Waals surface area contributed by atoms with E-state index in [1.165, 1.54) is 0 Å². The van der Waals surface area contributed by atoms with E-state index in [1.807, 2.05) is 0 Å². The number of carboxylic acids is 1. The Morgan fingerprint density at radius 2 is 2.21 bits per heavy atom. The van der Waals surface area contributed by atoms with Gasteiger partial charge in [-0.1, -0.05) is 18.0 Å². The van der Waals surface area contributed by atoms with Crippen molar-refractivity contribution in [2.45, 2.75) is 25.3 Å². The van der Waals surface area contributed by atoms with Gasteiger partial charge in [0.1, 0.15) is 11.0 Å². The second-order valence-electron chi connectivity index (χ2n) is 4.45. The fourth-order valence-electron chi connectivity index (χ4n) is 2.26. The van der Waals surface area contributed by atoms with Crippen LogP contribution >= 0.6 is 11.6 Å². The van der Waals surface area contributed by atoms with Crippen LogP contribution in [0.2, 0.25) is 5.15 Å². The molecule has 2 unspecified atom stereocenters. The SMILES string of the molecule is O=C(NC1CCCC1C(=O)O)c1cc(F)cnc1Cl. The van der Waals surface area contributed by atoms with Crippen molar-refractivity contribution < 1.29 is 19.1 Å². The van der Waals surface area contributed by atoms with Crippen molar-refractivity contribution in [2.24, 2.45) is 5.92 Å². The third-order valence-corrected chi connectivity index (χ3v) is 3.50. The second kappa shape index (κ2) is 5.52. The maximum absolute atomic E-state index is 13.0. The molecule has 1 aliphatic carbocycles. The normalized spacial score (nSPS) is 22.2. The average Bonchev–Trinajstić information content (AvgIpc) is 2.80. The molecule has 1 aromatic heterocycles. The zero-order valence-electron chi connectivity index (χ0n) is 9.90. The first-order valence-electron chi connectivity index (χ1n) is 5.83. The molecule has 1 amide bonds. The summed E-state index contributed by atoms with van der Waals surface area (Å²) < 4.78 is 13.0. The third-order valence-electron chi connectivity index (χ3n) is 3.20. The van der Waals surface area contributed by atoms with Crippen LogP contribution in [0.15, 0.2) is 12.3 Å². The van der Waals surface area contributed by atoms with Gasteiger partial charge in [-0.2, -0.15) is 0 Å². The van der Waals surface area contributed by atoms with Gasteiger partial charge >= 0.3 is 5.97 Å². The summed E-state index contributed by atoms with van der Waals surface area (Å²) in [6, 6.07) is 0.527. The van der Waals surface area contributed by atoms with Crippen LogP contribution in [0.5, 0.6) is 0 Å². The van der Waals surface area contributed by atoms with E-state index in [9.17, 15) is 14.0 Å². The summed E-state index contributed by atoms with van der Waals surface area (Å²) in [6.45, 7) is 0. The number of rotatable bonds is 3. The van der Waals surface area contributed by atoms with Gasteiger partial charge in [0.25, 0.3) is 5.91 Å². The number of hydrogen-bond acceptors (Lipinski definition) is 3. The van der Waals surface area contributed by atoms with Crippen molar-refractivity contribution >= 4 is 23.5 Å². The summed E-state index contributed by atoms with van der Waals surface area (Å²) in [7, 11) is 0. The molecule has 1 aromatic rings. The van der Waals surface area contributed by atoms with Crippen LogP contribution in [-0.4, -0.2) is 28.0 Å². The van der Waals surface area contributed by atoms with Crippen molar-refractivity contribution in [2.75, 3.05) is 0 Å². The number of nitrogens with one attached hydrogen (secondary N) is 1. The van der Waals surface area contributed by atoms with Gasteiger partial charge in [-0.3, -0.25) is 9.59 Å². The minimum absolute atomic E-state index is 0.0855. The Labute approximate surface area is 113 Å². The number of carbonyl (C=O) groups excluding carboxylic acids is 1. The summed E-state index contributed by atoms with van der Waals surface area (Å²) in [5, 5.41) is 11.5. The summed E-state index contributed by atoms with van der Waals surface area (Å²) >= 11 is 5.72. The molecule has 2 atom stereocenters. The molecule has 5 nitrogen and oxygen atoms in total. The number of carboxylic acid groups (broad SMARTS) is 1. The summed E-state index contributed by atoms with van der Waals surface area (Å²) in [6.07, 6.45) is 2.75. The molecule has 2 rings (SSSR count). The Morgan fingerprint density at radius 1 is 1.47 bits per heavy atom. The molecule has 0 radical (unpaired) electrons. The molecule has 0 saturated heterocycles. The Kier molecular flexibility index (Phi) is 3.99. The minimum Gasteiger partial charge on any atom is -0.481 e. The first kappa shape index (κ1) is 13.7. The van der Waals surface area contributed by atoms with Gasteiger partial charge in [-0.15, -0.1) is 0 Å². The average molecular weight is 287 g/mol. The van der Waals surface area contributed by atoms with E-state index in [-0.39, 0.29) is 10.7 Å². The van der Waals surface area contributed by atoms with Crippen LogP contribution in [0.25, 0.3) is 0 Å². The lowest BCUT2D eigenvalue weighted by atomic mass is 10.0. The summed E-state index contributed by atoms with van der Waals surface area (Å²) in [5.74, 6) is -2.82. The zero-order valence-corrected chi connectivity index (χ0v) is 10.7. The number of pyridine rings is 1. The predicted octanol–water partition coefficient (Wildman–Crippen LogP) is 1.86. The minimum atomic E-state index is -0.939. The highest BCUT2D eigenvalue weighted by Crippen LogP contribution is 2.26. The van der Waals surface area contributed by atoms with Crippen molar-refractivity contribution in [3.8, 4) is 0 Å². The Morgan fingerprint density at radius 3 is 2.89 bits per heavy atom. The van der Waals surface area contributed by atoms with Crippen molar-refractivity contribution in [1.29, 1.82) is 0 Å². The molecule has 19 heavy (non-hydrogen) atoms. The number of halogens is 2. The van der Waals surface area contributed by atoms with Crippen molar-refractivity contribution in [3.63, 3.8) is 0 Å². The zero-order chi connectivity index (χ0) is 14.0. The van der Waals surface area contributed by atoms with Crippen molar-refractivity contribution in [1.82, 2.24) is 10.3 Å². The number of aromatic nitrogens is 1. The van der Waals surface area contributed by atoms with Gasteiger partial charge in [0.15, 0.2) is 0 Å². The number of hydrogen-bond donors (Lipinski definition) is 2. The summed E-state index contributed by atoms with van der Waals surface area (Å²) in [4.78, 5) is 26.5. The summed E-state index contributed by atoms with van der Waals surface area (Å²) in [5.41, 5.74) is -0.0855. The van der Waals surface area contributed by atoms with Crippen LogP contribution in [0.4, 0.5) is 4.39 Å². The molecule has 1 aliphatic rings. The quantitative estimate of drug-likeness (QED) is 0.831. The maximum Gasteiger partial charge on any atom is 0.308 e. The van der Waals surface area contributed by atoms with Crippen LogP contribution in [-0.2, 0) is 4.79 Å². The Bertz CT molecular complexity index is 524. The molecule has 1 fully saturated rings. The number of nitrogens with zero attached hydrogens (tertiary/aromatic N) is 1. The van der Waals surface area contributed by atoms with E-state index in [0.29, 0.717) is 12.8 Å². The fraction of sp³-hybridized carbons (Fsp3) is 0.417. The lowest BCUT2D eigenvalue weighted by Gasteiger charge is -2.17. The highest BCUT2D eigenvalue weighted by atomic mass is 35.5. The molecular weight excluding hydrogens is 275 g/mol. The fourth-order valence-corrected chi connectivity index (χ4v) is 2.45. The first-order valence-corrected chi connectivity index (χ1v) is 6.21. The molecule has 1 heterocycles. The lowest BCUT2D eigenvalue weighted by molar-refractivity contribution is -0.142. The van der Waals surface area contributed by atoms with Crippen LogP contribution in [0.1, 0.15) is 29.6 Å². The Hall–Kier alpha value is -1.69. The lowest BCUT2D eigenvalue weighted by Crippen LogP contribution is -2.40. The highest BCUT2D eigenvalue weighted by Gasteiger charge is 2.34. The molecule has 7 heteroatoms. The van der Waals surface area contributed by atoms with E-state index in [0.717, 1.165) is 18.7 Å². The molecule has 0 aliphatic heterocycles. The van der Waals surface area contributed by atoms with Crippen LogP contribution in [0.3, 0.4) is 0 Å². The van der Waals surface area contributed by atoms with Gasteiger partial charge in [0.2, 0.25) is 0 Å². The van der Waals surface area contributed by atoms with E-state index < -0.39 is 29.7 Å². The van der Waals surface area contributed by atoms with Gasteiger partial charge in [-0.05, 0) is 18.9 Å². The van der Waals surface area contributed by atoms with E-state index in [2.05, 4.69) is 10.3 Å². The van der Waals surface area contributed by atoms with Crippen molar-refractivity contribution in [3.05, 3.63) is 28.8 Å². The van der Waals surface area contributed by atoms with Gasteiger partial charge < -0.3 is 10.4 Å². The number of aliphatic carboxylic acids is 1. The predicted molar refractivity (Wildman–Crippen MR) is 65.4 cm³/mol. The largest absolute Gasteiger partial charge is 0.481 e. The molecule has 2 N–H and O–H groups in total. The molecule has 0 bridgehead atoms. The van der Waals surface area contributed by atoms with Gasteiger partial charge in [0.05, 0.1) is 17.7 Å². The topological polar surface area (TPSA) is 79.3 Å². The van der Waals surface area contributed by atoms with E-state index in [1.54, 1.807) is 0 Å². The number of amides is 1. The Balaban J connectivity index is 2.12. The van der Waals surface area contributed by atoms with Gasteiger partial charge in [-0.25, -0.2) is 9.37 Å². The first-order chi connectivity index (χ1) is 8.99. The molecule has 102 valence electrons. The highest BCUT2D eigenvalue weighted by molar-refractivity contribution is 6.32. The monoisotopic (exact) mass is 286 g/mol. The molecule has 0 spiro atoms. The standard InChI is InChI=1S/C12H12ClFN2O3/c13-10-8(4-6(14)5-15-10)11(17)16-9-3-1-2-7(9)12(18)19/h4-5,7,9H,1-3H2,(H,16,17)(H,18,19). The maximum atomic E-state index is 13.0. The molecule has 1 saturated carbocycles. The third kappa shape index (κ3) is 3.01. The molecular formula is C12H12ClFN2O3. The van der Waals surface area contributed by atoms with E-state index >= 15 is 0 Å². The molecule has 0 aromatic carbocycles. The number of carbonyl (C=O) groups is 2. The smallest absolute Gasteiger partial charge is 0.308 e. The van der Waals surface area contributed by atoms with Crippen LogP contribution in [0, 0.1) is 11.7 Å².